The molecule has 0 aromatic heterocycles. The minimum absolute atomic E-state index is 0.227. The SMILES string of the molecule is C#COC(=O)Cc1ccccc1. The summed E-state index contributed by atoms with van der Waals surface area (Å²) < 4.78 is 4.33. The van der Waals surface area contributed by atoms with Crippen LogP contribution in [0.5, 0.6) is 0 Å². The van der Waals surface area contributed by atoms with Gasteiger partial charge in [0.2, 0.25) is 0 Å². The number of esters is 1. The maximum absolute atomic E-state index is 10.8. The van der Waals surface area contributed by atoms with Gasteiger partial charge in [0.1, 0.15) is 6.11 Å². The second kappa shape index (κ2) is 4.20. The van der Waals surface area contributed by atoms with Crippen LogP contribution in [0.2, 0.25) is 0 Å². The first-order valence-corrected chi connectivity index (χ1v) is 3.52. The fourth-order valence-electron chi connectivity index (χ4n) is 0.864. The number of rotatable bonds is 2. The van der Waals surface area contributed by atoms with Gasteiger partial charge in [-0.2, -0.15) is 0 Å². The van der Waals surface area contributed by atoms with Crippen molar-refractivity contribution in [3.8, 4) is 12.5 Å². The zero-order valence-electron chi connectivity index (χ0n) is 6.49. The normalized spacial score (nSPS) is 8.58. The summed E-state index contributed by atoms with van der Waals surface area (Å²) in [6.07, 6.45) is 6.86. The number of hydrogen-bond donors (Lipinski definition) is 0. The third-order valence-electron chi connectivity index (χ3n) is 1.36. The summed E-state index contributed by atoms with van der Waals surface area (Å²) in [5.41, 5.74) is 0.901. The van der Waals surface area contributed by atoms with Gasteiger partial charge in [-0.3, -0.25) is 4.79 Å². The lowest BCUT2D eigenvalue weighted by Crippen LogP contribution is -2.03. The molecule has 0 saturated carbocycles. The van der Waals surface area contributed by atoms with Crippen molar-refractivity contribution in [2.24, 2.45) is 0 Å². The molecule has 0 aliphatic heterocycles. The number of ether oxygens (including phenoxy) is 1. The molecule has 0 bridgehead atoms. The molecular formula is C10H8O2. The van der Waals surface area contributed by atoms with Crippen LogP contribution in [-0.4, -0.2) is 5.97 Å². The van der Waals surface area contributed by atoms with Crippen LogP contribution in [-0.2, 0) is 16.0 Å². The largest absolute Gasteiger partial charge is 0.372 e. The highest BCUT2D eigenvalue weighted by atomic mass is 16.5. The molecule has 1 rings (SSSR count). The van der Waals surface area contributed by atoms with Gasteiger partial charge >= 0.3 is 5.97 Å². The molecule has 0 N–H and O–H groups in total. The van der Waals surface area contributed by atoms with Gasteiger partial charge in [-0.25, -0.2) is 0 Å². The third-order valence-corrected chi connectivity index (χ3v) is 1.36. The minimum Gasteiger partial charge on any atom is -0.372 e. The van der Waals surface area contributed by atoms with Crippen LogP contribution < -0.4 is 0 Å². The average Bonchev–Trinajstić information content (AvgIpc) is 2.06. The molecule has 1 aromatic carbocycles. The van der Waals surface area contributed by atoms with E-state index >= 15 is 0 Å². The molecule has 0 heterocycles. The fourth-order valence-corrected chi connectivity index (χ4v) is 0.864. The van der Waals surface area contributed by atoms with Crippen LogP contribution >= 0.6 is 0 Å². The molecule has 0 aliphatic rings. The lowest BCUT2D eigenvalue weighted by molar-refractivity contribution is -0.136. The molecule has 0 aliphatic carbocycles. The molecule has 0 fully saturated rings. The van der Waals surface area contributed by atoms with Gasteiger partial charge in [-0.15, -0.1) is 0 Å². The van der Waals surface area contributed by atoms with E-state index < -0.39 is 5.97 Å². The van der Waals surface area contributed by atoms with E-state index in [1.54, 1.807) is 0 Å². The van der Waals surface area contributed by atoms with Gasteiger partial charge in [-0.05, 0) is 5.56 Å². The summed E-state index contributed by atoms with van der Waals surface area (Å²) in [7, 11) is 0. The molecule has 2 nitrogen and oxygen atoms in total. The van der Waals surface area contributed by atoms with E-state index in [1.807, 2.05) is 36.4 Å². The van der Waals surface area contributed by atoms with Crippen LogP contribution in [0.3, 0.4) is 0 Å². The number of carbonyl (C=O) groups excluding carboxylic acids is 1. The summed E-state index contributed by atoms with van der Waals surface area (Å²) >= 11 is 0. The quantitative estimate of drug-likeness (QED) is 0.482. The van der Waals surface area contributed by atoms with E-state index in [2.05, 4.69) is 4.74 Å². The van der Waals surface area contributed by atoms with Crippen molar-refractivity contribution in [3.63, 3.8) is 0 Å². The number of carbonyl (C=O) groups is 1. The van der Waals surface area contributed by atoms with Crippen molar-refractivity contribution in [1.29, 1.82) is 0 Å². The maximum atomic E-state index is 10.8. The first-order chi connectivity index (χ1) is 5.83. The van der Waals surface area contributed by atoms with Crippen molar-refractivity contribution in [2.45, 2.75) is 6.42 Å². The molecule has 12 heavy (non-hydrogen) atoms. The van der Waals surface area contributed by atoms with Crippen molar-refractivity contribution in [3.05, 3.63) is 35.9 Å². The number of benzene rings is 1. The van der Waals surface area contributed by atoms with E-state index in [1.165, 1.54) is 0 Å². The zero-order chi connectivity index (χ0) is 8.81. The predicted octanol–water partition coefficient (Wildman–Crippen LogP) is 1.36. The van der Waals surface area contributed by atoms with Crippen LogP contribution in [0.25, 0.3) is 0 Å². The van der Waals surface area contributed by atoms with Crippen molar-refractivity contribution in [1.82, 2.24) is 0 Å². The van der Waals surface area contributed by atoms with Crippen LogP contribution in [0.4, 0.5) is 0 Å². The molecular weight excluding hydrogens is 152 g/mol. The second-order valence-corrected chi connectivity index (χ2v) is 2.25. The average molecular weight is 160 g/mol. The van der Waals surface area contributed by atoms with Crippen LogP contribution in [0, 0.1) is 12.5 Å². The highest BCUT2D eigenvalue weighted by Gasteiger charge is 2.01. The smallest absolute Gasteiger partial charge is 0.324 e. The van der Waals surface area contributed by atoms with Crippen LogP contribution in [0.1, 0.15) is 5.56 Å². The predicted molar refractivity (Wildman–Crippen MR) is 45.1 cm³/mol. The highest BCUT2D eigenvalue weighted by molar-refractivity contribution is 5.73. The first-order valence-electron chi connectivity index (χ1n) is 3.52. The van der Waals surface area contributed by atoms with E-state index in [-0.39, 0.29) is 6.42 Å². The van der Waals surface area contributed by atoms with Gasteiger partial charge in [0.25, 0.3) is 0 Å². The third kappa shape index (κ3) is 2.47. The lowest BCUT2D eigenvalue weighted by Gasteiger charge is -1.96. The Morgan fingerprint density at radius 3 is 2.67 bits per heavy atom. The highest BCUT2D eigenvalue weighted by Crippen LogP contribution is 1.99. The molecule has 0 spiro atoms. The molecule has 0 saturated heterocycles. The second-order valence-electron chi connectivity index (χ2n) is 2.25. The van der Waals surface area contributed by atoms with Gasteiger partial charge < -0.3 is 4.74 Å². The zero-order valence-corrected chi connectivity index (χ0v) is 6.49. The molecule has 0 atom stereocenters. The minimum atomic E-state index is -0.399. The molecule has 1 aromatic rings. The van der Waals surface area contributed by atoms with Crippen molar-refractivity contribution >= 4 is 5.97 Å². The van der Waals surface area contributed by atoms with E-state index in [4.69, 9.17) is 6.42 Å². The number of terminal acetylenes is 1. The maximum Gasteiger partial charge on any atom is 0.324 e. The topological polar surface area (TPSA) is 26.3 Å². The summed E-state index contributed by atoms with van der Waals surface area (Å²) in [5, 5.41) is 0. The summed E-state index contributed by atoms with van der Waals surface area (Å²) in [6.45, 7) is 0. The summed E-state index contributed by atoms with van der Waals surface area (Å²) in [6, 6.07) is 9.29. The first kappa shape index (κ1) is 8.35. The van der Waals surface area contributed by atoms with Gasteiger partial charge in [0, 0.05) is 0 Å². The fraction of sp³-hybridized carbons (Fsp3) is 0.100. The van der Waals surface area contributed by atoms with E-state index in [0.29, 0.717) is 0 Å². The summed E-state index contributed by atoms with van der Waals surface area (Å²) in [4.78, 5) is 10.8. The Bertz CT molecular complexity index is 295. The molecule has 0 unspecified atom stereocenters. The van der Waals surface area contributed by atoms with Crippen LogP contribution in [0.15, 0.2) is 30.3 Å². The van der Waals surface area contributed by atoms with E-state index in [9.17, 15) is 4.79 Å². The molecule has 0 radical (unpaired) electrons. The number of hydrogen-bond acceptors (Lipinski definition) is 2. The lowest BCUT2D eigenvalue weighted by atomic mass is 10.2. The Morgan fingerprint density at radius 2 is 2.08 bits per heavy atom. The summed E-state index contributed by atoms with van der Waals surface area (Å²) in [5.74, 6) is -0.399. The Morgan fingerprint density at radius 1 is 1.42 bits per heavy atom. The van der Waals surface area contributed by atoms with Crippen molar-refractivity contribution < 1.29 is 9.53 Å². The van der Waals surface area contributed by atoms with Crippen molar-refractivity contribution in [2.75, 3.05) is 0 Å². The molecule has 2 heteroatoms. The van der Waals surface area contributed by atoms with E-state index in [0.717, 1.165) is 5.56 Å². The van der Waals surface area contributed by atoms with Gasteiger partial charge in [0.05, 0.1) is 6.42 Å². The Hall–Kier alpha value is -1.75. The van der Waals surface area contributed by atoms with Gasteiger partial charge in [-0.1, -0.05) is 36.8 Å². The standard InChI is InChI=1S/C10H8O2/c1-2-12-10(11)8-9-6-4-3-5-7-9/h1,3-7H,8H2. The monoisotopic (exact) mass is 160 g/mol. The Balaban J connectivity index is 2.54. The Labute approximate surface area is 71.2 Å². The molecule has 0 amide bonds. The molecule has 60 valence electrons. The Kier molecular flexibility index (Phi) is 2.92. The van der Waals surface area contributed by atoms with Gasteiger partial charge in [0.15, 0.2) is 0 Å².